The molecule has 2 rings (SSSR count). The summed E-state index contributed by atoms with van der Waals surface area (Å²) in [5.74, 6) is -0.175. The SMILES string of the molecule is COc1ccc(CS(=O)(=O)CC2CNC2)cc1F. The second-order valence-electron chi connectivity index (χ2n) is 4.55. The molecule has 4 nitrogen and oxygen atoms in total. The van der Waals surface area contributed by atoms with Crippen LogP contribution in [0.3, 0.4) is 0 Å². The van der Waals surface area contributed by atoms with Crippen LogP contribution in [-0.2, 0) is 15.6 Å². The van der Waals surface area contributed by atoms with Gasteiger partial charge >= 0.3 is 0 Å². The van der Waals surface area contributed by atoms with Gasteiger partial charge in [0.25, 0.3) is 0 Å². The lowest BCUT2D eigenvalue weighted by Crippen LogP contribution is -2.45. The van der Waals surface area contributed by atoms with Gasteiger partial charge in [-0.3, -0.25) is 0 Å². The first-order chi connectivity index (χ1) is 8.50. The van der Waals surface area contributed by atoms with Crippen LogP contribution in [0.2, 0.25) is 0 Å². The lowest BCUT2D eigenvalue weighted by molar-refractivity contribution is 0.378. The smallest absolute Gasteiger partial charge is 0.165 e. The summed E-state index contributed by atoms with van der Waals surface area (Å²) in [6.45, 7) is 1.49. The molecule has 18 heavy (non-hydrogen) atoms. The van der Waals surface area contributed by atoms with Crippen molar-refractivity contribution < 1.29 is 17.5 Å². The molecule has 0 amide bonds. The van der Waals surface area contributed by atoms with E-state index in [1.807, 2.05) is 0 Å². The molecule has 1 aromatic carbocycles. The Morgan fingerprint density at radius 3 is 2.67 bits per heavy atom. The Hall–Kier alpha value is -1.14. The van der Waals surface area contributed by atoms with Crippen LogP contribution in [0.25, 0.3) is 0 Å². The first kappa shape index (κ1) is 13.3. The zero-order chi connectivity index (χ0) is 13.2. The average Bonchev–Trinajstić information content (AvgIpc) is 2.24. The molecule has 100 valence electrons. The van der Waals surface area contributed by atoms with Crippen molar-refractivity contribution in [1.29, 1.82) is 0 Å². The van der Waals surface area contributed by atoms with Crippen LogP contribution in [0.4, 0.5) is 4.39 Å². The van der Waals surface area contributed by atoms with Crippen LogP contribution in [0, 0.1) is 11.7 Å². The Balaban J connectivity index is 2.05. The number of benzene rings is 1. The van der Waals surface area contributed by atoms with Crippen molar-refractivity contribution in [3.63, 3.8) is 0 Å². The number of ether oxygens (including phenoxy) is 1. The maximum atomic E-state index is 13.4. The summed E-state index contributed by atoms with van der Waals surface area (Å²) in [5, 5.41) is 3.03. The molecule has 1 heterocycles. The molecule has 0 bridgehead atoms. The van der Waals surface area contributed by atoms with Crippen molar-refractivity contribution in [3.05, 3.63) is 29.6 Å². The highest BCUT2D eigenvalue weighted by Crippen LogP contribution is 2.20. The monoisotopic (exact) mass is 273 g/mol. The number of hydrogen-bond donors (Lipinski definition) is 1. The topological polar surface area (TPSA) is 55.4 Å². The molecule has 6 heteroatoms. The molecule has 0 aromatic heterocycles. The third kappa shape index (κ3) is 3.20. The number of halogens is 1. The molecule has 1 aromatic rings. The third-order valence-corrected chi connectivity index (χ3v) is 4.71. The minimum atomic E-state index is -3.18. The van der Waals surface area contributed by atoms with Gasteiger partial charge in [0.15, 0.2) is 21.4 Å². The Kier molecular flexibility index (Phi) is 3.87. The molecule has 1 aliphatic rings. The Labute approximate surface area is 106 Å². The predicted octanol–water partition coefficient (Wildman–Crippen LogP) is 0.968. The van der Waals surface area contributed by atoms with E-state index in [2.05, 4.69) is 5.32 Å². The Morgan fingerprint density at radius 2 is 2.17 bits per heavy atom. The minimum absolute atomic E-state index is 0.121. The van der Waals surface area contributed by atoms with E-state index in [4.69, 9.17) is 4.74 Å². The zero-order valence-corrected chi connectivity index (χ0v) is 11.0. The second kappa shape index (κ2) is 5.24. The van der Waals surface area contributed by atoms with E-state index < -0.39 is 15.7 Å². The van der Waals surface area contributed by atoms with Crippen LogP contribution in [-0.4, -0.2) is 34.4 Å². The molecule has 1 saturated heterocycles. The van der Waals surface area contributed by atoms with Crippen molar-refractivity contribution in [2.75, 3.05) is 26.0 Å². The van der Waals surface area contributed by atoms with Crippen molar-refractivity contribution in [2.24, 2.45) is 5.92 Å². The largest absolute Gasteiger partial charge is 0.494 e. The summed E-state index contributed by atoms with van der Waals surface area (Å²) < 4.78 is 42.0. The van der Waals surface area contributed by atoms with E-state index >= 15 is 0 Å². The molecule has 0 atom stereocenters. The Bertz CT molecular complexity index is 526. The maximum absolute atomic E-state index is 13.4. The minimum Gasteiger partial charge on any atom is -0.494 e. The van der Waals surface area contributed by atoms with Crippen LogP contribution in [0.15, 0.2) is 18.2 Å². The number of hydrogen-bond acceptors (Lipinski definition) is 4. The average molecular weight is 273 g/mol. The molecule has 0 unspecified atom stereocenters. The van der Waals surface area contributed by atoms with Gasteiger partial charge in [0.1, 0.15) is 0 Å². The number of methoxy groups -OCH3 is 1. The van der Waals surface area contributed by atoms with Crippen molar-refractivity contribution >= 4 is 9.84 Å². The summed E-state index contributed by atoms with van der Waals surface area (Å²) in [7, 11) is -1.81. The van der Waals surface area contributed by atoms with Crippen LogP contribution >= 0.6 is 0 Å². The van der Waals surface area contributed by atoms with Gasteiger partial charge in [-0.1, -0.05) is 6.07 Å². The predicted molar refractivity (Wildman–Crippen MR) is 66.8 cm³/mol. The first-order valence-electron chi connectivity index (χ1n) is 5.74. The van der Waals surface area contributed by atoms with Gasteiger partial charge in [0.05, 0.1) is 18.6 Å². The van der Waals surface area contributed by atoms with Gasteiger partial charge in [-0.05, 0) is 23.6 Å². The molecule has 1 N–H and O–H groups in total. The van der Waals surface area contributed by atoms with E-state index in [0.29, 0.717) is 5.56 Å². The molecule has 1 fully saturated rings. The zero-order valence-electron chi connectivity index (χ0n) is 10.1. The summed E-state index contributed by atoms with van der Waals surface area (Å²) in [5.41, 5.74) is 0.459. The van der Waals surface area contributed by atoms with E-state index in [9.17, 15) is 12.8 Å². The number of rotatable bonds is 5. The van der Waals surface area contributed by atoms with E-state index in [-0.39, 0.29) is 23.2 Å². The van der Waals surface area contributed by atoms with Crippen molar-refractivity contribution in [1.82, 2.24) is 5.32 Å². The number of sulfone groups is 1. The summed E-state index contributed by atoms with van der Waals surface area (Å²) in [6.07, 6.45) is 0. The Morgan fingerprint density at radius 1 is 1.44 bits per heavy atom. The van der Waals surface area contributed by atoms with Crippen LogP contribution in [0.1, 0.15) is 5.56 Å². The normalized spacial score (nSPS) is 16.3. The van der Waals surface area contributed by atoms with Crippen molar-refractivity contribution in [3.8, 4) is 5.75 Å². The highest BCUT2D eigenvalue weighted by atomic mass is 32.2. The van der Waals surface area contributed by atoms with Gasteiger partial charge in [-0.15, -0.1) is 0 Å². The fourth-order valence-electron chi connectivity index (χ4n) is 1.94. The van der Waals surface area contributed by atoms with Gasteiger partial charge in [-0.25, -0.2) is 12.8 Å². The van der Waals surface area contributed by atoms with Gasteiger partial charge in [-0.2, -0.15) is 0 Å². The summed E-state index contributed by atoms with van der Waals surface area (Å²) in [6, 6.07) is 4.25. The highest BCUT2D eigenvalue weighted by Gasteiger charge is 2.24. The molecule has 0 radical (unpaired) electrons. The maximum Gasteiger partial charge on any atom is 0.165 e. The van der Waals surface area contributed by atoms with Crippen LogP contribution in [0.5, 0.6) is 5.75 Å². The standard InChI is InChI=1S/C12H16FNO3S/c1-17-12-3-2-9(4-11(12)13)7-18(15,16)8-10-5-14-6-10/h2-4,10,14H,5-8H2,1H3. The fraction of sp³-hybridized carbons (Fsp3) is 0.500. The van der Waals surface area contributed by atoms with E-state index in [1.54, 1.807) is 6.07 Å². The summed E-state index contributed by atoms with van der Waals surface area (Å²) in [4.78, 5) is 0. The van der Waals surface area contributed by atoms with Crippen LogP contribution < -0.4 is 10.1 Å². The molecule has 0 aliphatic carbocycles. The quantitative estimate of drug-likeness (QED) is 0.868. The van der Waals surface area contributed by atoms with E-state index in [1.165, 1.54) is 19.2 Å². The second-order valence-corrected chi connectivity index (χ2v) is 6.66. The molecular weight excluding hydrogens is 257 g/mol. The van der Waals surface area contributed by atoms with Gasteiger partial charge in [0, 0.05) is 13.1 Å². The fourth-order valence-corrected chi connectivity index (χ4v) is 3.70. The molecule has 1 aliphatic heterocycles. The van der Waals surface area contributed by atoms with Gasteiger partial charge < -0.3 is 10.1 Å². The highest BCUT2D eigenvalue weighted by molar-refractivity contribution is 7.90. The van der Waals surface area contributed by atoms with Gasteiger partial charge in [0.2, 0.25) is 0 Å². The molecular formula is C12H16FNO3S. The molecule has 0 spiro atoms. The summed E-state index contributed by atoms with van der Waals surface area (Å²) >= 11 is 0. The number of nitrogens with one attached hydrogen (secondary N) is 1. The lowest BCUT2D eigenvalue weighted by Gasteiger charge is -2.26. The van der Waals surface area contributed by atoms with Crippen molar-refractivity contribution in [2.45, 2.75) is 5.75 Å². The third-order valence-electron chi connectivity index (χ3n) is 2.96. The molecule has 0 saturated carbocycles. The van der Waals surface area contributed by atoms with E-state index in [0.717, 1.165) is 13.1 Å². The lowest BCUT2D eigenvalue weighted by atomic mass is 10.1. The first-order valence-corrected chi connectivity index (χ1v) is 7.56.